The van der Waals surface area contributed by atoms with Crippen LogP contribution in [-0.4, -0.2) is 19.9 Å². The first-order chi connectivity index (χ1) is 15.1. The van der Waals surface area contributed by atoms with Gasteiger partial charge in [-0.2, -0.15) is 0 Å². The van der Waals surface area contributed by atoms with E-state index in [0.29, 0.717) is 11.6 Å². The normalized spacial score (nSPS) is 11.0. The monoisotopic (exact) mass is 427 g/mol. The van der Waals surface area contributed by atoms with Gasteiger partial charge in [0, 0.05) is 16.1 Å². The van der Waals surface area contributed by atoms with Crippen molar-refractivity contribution in [1.29, 1.82) is 0 Å². The van der Waals surface area contributed by atoms with Crippen LogP contribution in [0.2, 0.25) is 5.02 Å². The number of rotatable bonds is 5. The molecule has 152 valence electrons. The number of aromatic amines is 1. The summed E-state index contributed by atoms with van der Waals surface area (Å²) in [6.07, 6.45) is 0. The number of fused-ring (bicyclic) bond motifs is 1. The Morgan fingerprint density at radius 1 is 0.806 bits per heavy atom. The van der Waals surface area contributed by atoms with E-state index in [-0.39, 0.29) is 5.95 Å². The summed E-state index contributed by atoms with van der Waals surface area (Å²) >= 11 is 5.98. The molecule has 0 radical (unpaired) electrons. The van der Waals surface area contributed by atoms with E-state index in [2.05, 4.69) is 19.9 Å². The van der Waals surface area contributed by atoms with E-state index in [9.17, 15) is 0 Å². The average Bonchev–Trinajstić information content (AvgIpc) is 3.21. The number of imidazole rings is 1. The molecule has 5 aromatic rings. The van der Waals surface area contributed by atoms with Crippen molar-refractivity contribution in [2.45, 2.75) is 6.61 Å². The molecule has 0 bridgehead atoms. The van der Waals surface area contributed by atoms with E-state index in [4.69, 9.17) is 22.1 Å². The molecule has 0 saturated heterocycles. The first kappa shape index (κ1) is 19.1. The number of nitrogens with zero attached hydrogens (tertiary/aromatic N) is 3. The molecule has 0 unspecified atom stereocenters. The number of para-hydroxylation sites is 2. The molecule has 0 atom stereocenters. The van der Waals surface area contributed by atoms with Gasteiger partial charge in [-0.05, 0) is 54.6 Å². The number of aromatic nitrogens is 4. The summed E-state index contributed by atoms with van der Waals surface area (Å²) in [5.41, 5.74) is 11.2. The highest BCUT2D eigenvalue weighted by Crippen LogP contribution is 2.27. The van der Waals surface area contributed by atoms with Gasteiger partial charge in [0.05, 0.1) is 22.4 Å². The molecule has 3 aromatic carbocycles. The zero-order chi connectivity index (χ0) is 21.2. The van der Waals surface area contributed by atoms with Gasteiger partial charge in [0.25, 0.3) is 0 Å². The molecule has 31 heavy (non-hydrogen) atoms. The van der Waals surface area contributed by atoms with Crippen molar-refractivity contribution in [3.63, 3.8) is 0 Å². The summed E-state index contributed by atoms with van der Waals surface area (Å²) in [6, 6.07) is 25.0. The van der Waals surface area contributed by atoms with Crippen LogP contribution in [0, 0.1) is 0 Å². The number of halogens is 1. The number of benzene rings is 3. The lowest BCUT2D eigenvalue weighted by Crippen LogP contribution is -1.99. The molecule has 2 heterocycles. The van der Waals surface area contributed by atoms with Crippen LogP contribution in [0.15, 0.2) is 78.9 Å². The average molecular weight is 428 g/mol. The molecule has 0 fully saturated rings. The van der Waals surface area contributed by atoms with Crippen LogP contribution in [0.1, 0.15) is 5.82 Å². The number of hydrogen-bond acceptors (Lipinski definition) is 5. The van der Waals surface area contributed by atoms with Crippen LogP contribution in [0.3, 0.4) is 0 Å². The van der Waals surface area contributed by atoms with Gasteiger partial charge in [-0.1, -0.05) is 35.9 Å². The van der Waals surface area contributed by atoms with E-state index in [1.165, 1.54) is 0 Å². The Labute approximate surface area is 183 Å². The van der Waals surface area contributed by atoms with Gasteiger partial charge >= 0.3 is 0 Å². The third-order valence-corrected chi connectivity index (χ3v) is 5.10. The predicted octanol–water partition coefficient (Wildman–Crippen LogP) is 5.50. The fourth-order valence-electron chi connectivity index (χ4n) is 3.33. The van der Waals surface area contributed by atoms with Crippen LogP contribution < -0.4 is 10.5 Å². The smallest absolute Gasteiger partial charge is 0.221 e. The minimum absolute atomic E-state index is 0.215. The Morgan fingerprint density at radius 2 is 1.45 bits per heavy atom. The largest absolute Gasteiger partial charge is 0.486 e. The molecule has 3 N–H and O–H groups in total. The maximum atomic E-state index is 5.98. The first-order valence-electron chi connectivity index (χ1n) is 9.71. The summed E-state index contributed by atoms with van der Waals surface area (Å²) in [6.45, 7) is 0.356. The molecule has 0 spiro atoms. The van der Waals surface area contributed by atoms with Gasteiger partial charge in [-0.15, -0.1) is 0 Å². The highest BCUT2D eigenvalue weighted by Gasteiger charge is 2.08. The molecule has 6 nitrogen and oxygen atoms in total. The molecule has 0 aliphatic carbocycles. The van der Waals surface area contributed by atoms with Gasteiger partial charge in [0.2, 0.25) is 5.95 Å². The van der Waals surface area contributed by atoms with Gasteiger partial charge in [0.15, 0.2) is 0 Å². The second-order valence-electron chi connectivity index (χ2n) is 7.02. The van der Waals surface area contributed by atoms with Crippen LogP contribution >= 0.6 is 11.6 Å². The van der Waals surface area contributed by atoms with Crippen LogP contribution in [-0.2, 0) is 6.61 Å². The maximum absolute atomic E-state index is 5.98. The van der Waals surface area contributed by atoms with Crippen molar-refractivity contribution >= 4 is 28.6 Å². The lowest BCUT2D eigenvalue weighted by Gasteiger charge is -2.08. The number of H-pyrrole nitrogens is 1. The number of ether oxygens (including phenoxy) is 1. The zero-order valence-electron chi connectivity index (χ0n) is 16.4. The molecule has 0 aliphatic rings. The highest BCUT2D eigenvalue weighted by atomic mass is 35.5. The van der Waals surface area contributed by atoms with Crippen LogP contribution in [0.5, 0.6) is 5.75 Å². The third-order valence-electron chi connectivity index (χ3n) is 4.85. The lowest BCUT2D eigenvalue weighted by molar-refractivity contribution is 0.297. The van der Waals surface area contributed by atoms with Gasteiger partial charge < -0.3 is 15.5 Å². The molecule has 0 amide bonds. The third kappa shape index (κ3) is 4.20. The quantitative estimate of drug-likeness (QED) is 0.386. The minimum Gasteiger partial charge on any atom is -0.486 e. The van der Waals surface area contributed by atoms with E-state index in [0.717, 1.165) is 45.1 Å². The Hall–Kier alpha value is -3.90. The molecule has 0 aliphatic heterocycles. The molecule has 0 saturated carbocycles. The Kier molecular flexibility index (Phi) is 4.98. The molecule has 7 heteroatoms. The van der Waals surface area contributed by atoms with Crippen molar-refractivity contribution in [1.82, 2.24) is 19.9 Å². The predicted molar refractivity (Wildman–Crippen MR) is 123 cm³/mol. The standard InChI is InChI=1S/C24H18ClN5O/c25-17-9-5-15(6-10-17)21-13-22(30-24(26)29-21)16-7-11-18(12-8-16)31-14-23-27-19-3-1-2-4-20(19)28-23/h1-13H,14H2,(H,27,28)(H2,26,29,30). The summed E-state index contributed by atoms with van der Waals surface area (Å²) in [4.78, 5) is 16.5. The molecule has 2 aromatic heterocycles. The first-order valence-corrected chi connectivity index (χ1v) is 10.1. The molecular formula is C24H18ClN5O. The van der Waals surface area contributed by atoms with Crippen molar-refractivity contribution in [3.8, 4) is 28.3 Å². The lowest BCUT2D eigenvalue weighted by atomic mass is 10.1. The molecular weight excluding hydrogens is 410 g/mol. The highest BCUT2D eigenvalue weighted by molar-refractivity contribution is 6.30. The fourth-order valence-corrected chi connectivity index (χ4v) is 3.46. The Morgan fingerprint density at radius 3 is 2.13 bits per heavy atom. The van der Waals surface area contributed by atoms with Crippen LogP contribution in [0.25, 0.3) is 33.5 Å². The minimum atomic E-state index is 0.215. The molecule has 5 rings (SSSR count). The van der Waals surface area contributed by atoms with E-state index in [1.54, 1.807) is 0 Å². The van der Waals surface area contributed by atoms with Crippen molar-refractivity contribution in [3.05, 3.63) is 89.7 Å². The van der Waals surface area contributed by atoms with Crippen molar-refractivity contribution in [2.75, 3.05) is 5.73 Å². The number of nitrogens with two attached hydrogens (primary N) is 1. The van der Waals surface area contributed by atoms with Gasteiger partial charge in [-0.25, -0.2) is 15.0 Å². The fraction of sp³-hybridized carbons (Fsp3) is 0.0417. The van der Waals surface area contributed by atoms with Gasteiger partial charge in [-0.3, -0.25) is 0 Å². The van der Waals surface area contributed by atoms with Crippen molar-refractivity contribution < 1.29 is 4.74 Å². The summed E-state index contributed by atoms with van der Waals surface area (Å²) in [5.74, 6) is 1.73. The van der Waals surface area contributed by atoms with E-state index in [1.807, 2.05) is 78.9 Å². The summed E-state index contributed by atoms with van der Waals surface area (Å²) in [7, 11) is 0. The number of nitrogen functional groups attached to an aromatic ring is 1. The topological polar surface area (TPSA) is 89.7 Å². The maximum Gasteiger partial charge on any atom is 0.221 e. The second kappa shape index (κ2) is 8.08. The SMILES string of the molecule is Nc1nc(-c2ccc(Cl)cc2)cc(-c2ccc(OCc3nc4ccccc4[nH]3)cc2)n1. The number of hydrogen-bond donors (Lipinski definition) is 2. The van der Waals surface area contributed by atoms with Crippen LogP contribution in [0.4, 0.5) is 5.95 Å². The summed E-state index contributed by atoms with van der Waals surface area (Å²) < 4.78 is 5.88. The van der Waals surface area contributed by atoms with Gasteiger partial charge in [0.1, 0.15) is 18.2 Å². The summed E-state index contributed by atoms with van der Waals surface area (Å²) in [5, 5.41) is 0.671. The number of anilines is 1. The van der Waals surface area contributed by atoms with Crippen molar-refractivity contribution in [2.24, 2.45) is 0 Å². The van der Waals surface area contributed by atoms with E-state index >= 15 is 0 Å². The second-order valence-corrected chi connectivity index (χ2v) is 7.45. The number of nitrogens with one attached hydrogen (secondary N) is 1. The Balaban J connectivity index is 1.34. The zero-order valence-corrected chi connectivity index (χ0v) is 17.2. The Bertz CT molecular complexity index is 1310. The van der Waals surface area contributed by atoms with E-state index < -0.39 is 0 Å².